The molecule has 1 aromatic carbocycles. The number of hydrogen-bond acceptors (Lipinski definition) is 3. The van der Waals surface area contributed by atoms with Gasteiger partial charge >= 0.3 is 6.09 Å². The van der Waals surface area contributed by atoms with Crippen LogP contribution in [0.4, 0.5) is 4.79 Å². The molecule has 0 spiro atoms. The Bertz CT molecular complexity index is 477. The smallest absolute Gasteiger partial charge is 0.408 e. The van der Waals surface area contributed by atoms with Crippen molar-refractivity contribution in [2.75, 3.05) is 0 Å². The molecule has 0 aliphatic heterocycles. The number of halogens is 2. The normalized spacial score (nSPS) is 12.7. The molecule has 20 heavy (non-hydrogen) atoms. The van der Waals surface area contributed by atoms with E-state index in [1.807, 2.05) is 0 Å². The summed E-state index contributed by atoms with van der Waals surface area (Å²) >= 11 is 11.8. The molecular formula is C14H17Cl2NO3. The molecule has 1 rings (SSSR count). The Kier molecular flexibility index (Phi) is 5.84. The minimum atomic E-state index is -0.609. The predicted octanol–water partition coefficient (Wildman–Crippen LogP) is 4.15. The van der Waals surface area contributed by atoms with Crippen LogP contribution in [0.5, 0.6) is 0 Å². The summed E-state index contributed by atoms with van der Waals surface area (Å²) in [5.41, 5.74) is 0.0439. The lowest BCUT2D eigenvalue weighted by Crippen LogP contribution is -2.35. The third-order valence-electron chi connectivity index (χ3n) is 2.31. The van der Waals surface area contributed by atoms with Gasteiger partial charge in [-0.15, -0.1) is 0 Å². The second-order valence-electron chi connectivity index (χ2n) is 5.30. The minimum absolute atomic E-state index is 0.107. The van der Waals surface area contributed by atoms with Crippen molar-refractivity contribution in [1.82, 2.24) is 5.32 Å². The first-order chi connectivity index (χ1) is 9.21. The maximum atomic E-state index is 11.8. The number of nitrogens with one attached hydrogen (secondary N) is 1. The van der Waals surface area contributed by atoms with E-state index in [4.69, 9.17) is 27.9 Å². The second-order valence-corrected chi connectivity index (χ2v) is 6.18. The van der Waals surface area contributed by atoms with Gasteiger partial charge in [0.15, 0.2) is 0 Å². The molecule has 0 aliphatic rings. The molecule has 0 radical (unpaired) electrons. The van der Waals surface area contributed by atoms with Crippen LogP contribution in [0.25, 0.3) is 0 Å². The SMILES string of the molecule is CC(C)(C)OC(=O)N[C@@H](CC=O)c1cc(Cl)cc(Cl)c1. The summed E-state index contributed by atoms with van der Waals surface area (Å²) in [4.78, 5) is 22.5. The summed E-state index contributed by atoms with van der Waals surface area (Å²) in [6, 6.07) is 4.36. The number of benzene rings is 1. The zero-order valence-electron chi connectivity index (χ0n) is 11.6. The molecule has 110 valence electrons. The first-order valence-corrected chi connectivity index (χ1v) is 6.86. The third kappa shape index (κ3) is 5.80. The molecule has 1 aromatic rings. The lowest BCUT2D eigenvalue weighted by molar-refractivity contribution is -0.108. The van der Waals surface area contributed by atoms with Crippen molar-refractivity contribution < 1.29 is 14.3 Å². The Morgan fingerprint density at radius 3 is 2.30 bits per heavy atom. The maximum absolute atomic E-state index is 11.8. The highest BCUT2D eigenvalue weighted by molar-refractivity contribution is 6.34. The number of carbonyl (C=O) groups is 2. The molecule has 0 aliphatic carbocycles. The Hall–Kier alpha value is -1.26. The number of ether oxygens (including phenoxy) is 1. The van der Waals surface area contributed by atoms with Crippen molar-refractivity contribution in [3.05, 3.63) is 33.8 Å². The molecule has 0 saturated carbocycles. The van der Waals surface area contributed by atoms with Gasteiger partial charge < -0.3 is 14.8 Å². The van der Waals surface area contributed by atoms with Crippen LogP contribution in [0.3, 0.4) is 0 Å². The fourth-order valence-electron chi connectivity index (χ4n) is 1.60. The summed E-state index contributed by atoms with van der Waals surface area (Å²) in [6.07, 6.45) is 0.229. The van der Waals surface area contributed by atoms with Gasteiger partial charge in [-0.1, -0.05) is 23.2 Å². The minimum Gasteiger partial charge on any atom is -0.444 e. The number of rotatable bonds is 4. The first-order valence-electron chi connectivity index (χ1n) is 6.10. The van der Waals surface area contributed by atoms with E-state index in [1.54, 1.807) is 39.0 Å². The molecule has 1 amide bonds. The van der Waals surface area contributed by atoms with E-state index in [2.05, 4.69) is 5.32 Å². The predicted molar refractivity (Wildman–Crippen MR) is 79.3 cm³/mol. The van der Waals surface area contributed by atoms with E-state index in [1.165, 1.54) is 0 Å². The molecule has 0 unspecified atom stereocenters. The molecule has 0 saturated heterocycles. The fraction of sp³-hybridized carbons (Fsp3) is 0.429. The van der Waals surface area contributed by atoms with Gasteiger partial charge in [0, 0.05) is 16.5 Å². The zero-order chi connectivity index (χ0) is 15.3. The van der Waals surface area contributed by atoms with Gasteiger partial charge in [0.1, 0.15) is 11.9 Å². The number of carbonyl (C=O) groups excluding carboxylic acids is 2. The van der Waals surface area contributed by atoms with Crippen LogP contribution in [0.15, 0.2) is 18.2 Å². The van der Waals surface area contributed by atoms with Crippen molar-refractivity contribution in [2.45, 2.75) is 38.8 Å². The molecule has 0 aromatic heterocycles. The highest BCUT2D eigenvalue weighted by Gasteiger charge is 2.20. The number of amides is 1. The molecular weight excluding hydrogens is 301 g/mol. The second kappa shape index (κ2) is 6.95. The van der Waals surface area contributed by atoms with Gasteiger partial charge in [0.2, 0.25) is 0 Å². The van der Waals surface area contributed by atoms with Crippen LogP contribution in [0, 0.1) is 0 Å². The van der Waals surface area contributed by atoms with Gasteiger partial charge in [-0.2, -0.15) is 0 Å². The van der Waals surface area contributed by atoms with Crippen LogP contribution in [-0.2, 0) is 9.53 Å². The van der Waals surface area contributed by atoms with Crippen molar-refractivity contribution in [3.63, 3.8) is 0 Å². The largest absolute Gasteiger partial charge is 0.444 e. The van der Waals surface area contributed by atoms with E-state index in [0.717, 1.165) is 6.29 Å². The van der Waals surface area contributed by atoms with Gasteiger partial charge in [0.05, 0.1) is 6.04 Å². The monoisotopic (exact) mass is 317 g/mol. The van der Waals surface area contributed by atoms with Crippen molar-refractivity contribution in [3.8, 4) is 0 Å². The molecule has 4 nitrogen and oxygen atoms in total. The number of aldehydes is 1. The van der Waals surface area contributed by atoms with E-state index in [-0.39, 0.29) is 6.42 Å². The Balaban J connectivity index is 2.88. The first kappa shape index (κ1) is 16.8. The molecule has 0 bridgehead atoms. The molecule has 0 fully saturated rings. The van der Waals surface area contributed by atoms with Crippen molar-refractivity contribution in [1.29, 1.82) is 0 Å². The van der Waals surface area contributed by atoms with E-state index in [9.17, 15) is 9.59 Å². The summed E-state index contributed by atoms with van der Waals surface area (Å²) in [6.45, 7) is 5.28. The van der Waals surface area contributed by atoms with Crippen molar-refractivity contribution >= 4 is 35.6 Å². The van der Waals surface area contributed by atoms with Gasteiger partial charge in [0.25, 0.3) is 0 Å². The Morgan fingerprint density at radius 2 is 1.85 bits per heavy atom. The third-order valence-corrected chi connectivity index (χ3v) is 2.75. The van der Waals surface area contributed by atoms with Crippen LogP contribution in [0.1, 0.15) is 38.8 Å². The van der Waals surface area contributed by atoms with Crippen LogP contribution in [0.2, 0.25) is 10.0 Å². The fourth-order valence-corrected chi connectivity index (χ4v) is 2.14. The van der Waals surface area contributed by atoms with E-state index in [0.29, 0.717) is 15.6 Å². The van der Waals surface area contributed by atoms with E-state index >= 15 is 0 Å². The van der Waals surface area contributed by atoms with Crippen LogP contribution in [-0.4, -0.2) is 18.0 Å². The lowest BCUT2D eigenvalue weighted by atomic mass is 10.0. The number of hydrogen-bond donors (Lipinski definition) is 1. The summed E-state index contributed by atoms with van der Waals surface area (Å²) in [5.74, 6) is 0. The average Bonchev–Trinajstić information content (AvgIpc) is 2.24. The highest BCUT2D eigenvalue weighted by atomic mass is 35.5. The summed E-state index contributed by atoms with van der Waals surface area (Å²) in [7, 11) is 0. The highest BCUT2D eigenvalue weighted by Crippen LogP contribution is 2.25. The molecule has 6 heteroatoms. The molecule has 0 heterocycles. The van der Waals surface area contributed by atoms with Crippen LogP contribution < -0.4 is 5.32 Å². The van der Waals surface area contributed by atoms with E-state index < -0.39 is 17.7 Å². The van der Waals surface area contributed by atoms with Gasteiger partial charge in [-0.3, -0.25) is 0 Å². The van der Waals surface area contributed by atoms with Crippen molar-refractivity contribution in [2.24, 2.45) is 0 Å². The van der Waals surface area contributed by atoms with Gasteiger partial charge in [-0.05, 0) is 44.5 Å². The zero-order valence-corrected chi connectivity index (χ0v) is 13.1. The summed E-state index contributed by atoms with van der Waals surface area (Å²) < 4.78 is 5.16. The maximum Gasteiger partial charge on any atom is 0.408 e. The van der Waals surface area contributed by atoms with Crippen LogP contribution >= 0.6 is 23.2 Å². The summed E-state index contributed by atoms with van der Waals surface area (Å²) in [5, 5.41) is 3.51. The van der Waals surface area contributed by atoms with Gasteiger partial charge in [-0.25, -0.2) is 4.79 Å². The standard InChI is InChI=1S/C14H17Cl2NO3/c1-14(2,3)20-13(19)17-12(4-5-18)9-6-10(15)8-11(16)7-9/h5-8,12H,4H2,1-3H3,(H,17,19)/t12-/m0/s1. The Labute approximate surface area is 128 Å². The Morgan fingerprint density at radius 1 is 1.30 bits per heavy atom. The molecule has 1 atom stereocenters. The average molecular weight is 318 g/mol. The quantitative estimate of drug-likeness (QED) is 0.849. The number of alkyl carbamates (subject to hydrolysis) is 1. The molecule has 1 N–H and O–H groups in total. The lowest BCUT2D eigenvalue weighted by Gasteiger charge is -2.23. The topological polar surface area (TPSA) is 55.4 Å².